The second kappa shape index (κ2) is 4.31. The van der Waals surface area contributed by atoms with Crippen LogP contribution < -0.4 is 0 Å². The summed E-state index contributed by atoms with van der Waals surface area (Å²) in [6.45, 7) is 1.78. The first-order valence-electron chi connectivity index (χ1n) is 5.01. The van der Waals surface area contributed by atoms with Gasteiger partial charge < -0.3 is 10.0 Å². The predicted octanol–water partition coefficient (Wildman–Crippen LogP) is 1.90. The molecule has 4 heteroatoms. The number of amides is 1. The van der Waals surface area contributed by atoms with Gasteiger partial charge in [-0.3, -0.25) is 4.79 Å². The Morgan fingerprint density at radius 2 is 2.12 bits per heavy atom. The van der Waals surface area contributed by atoms with Crippen LogP contribution in [0.5, 0.6) is 0 Å². The highest BCUT2D eigenvalue weighted by atomic mass is 32.2. The molecule has 1 atom stereocenters. The zero-order valence-corrected chi connectivity index (χ0v) is 9.78. The maximum Gasteiger partial charge on any atom is 0.223 e. The van der Waals surface area contributed by atoms with Crippen molar-refractivity contribution in [2.45, 2.75) is 11.9 Å². The van der Waals surface area contributed by atoms with E-state index in [2.05, 4.69) is 0 Å². The minimum Gasteiger partial charge on any atom is -0.373 e. The van der Waals surface area contributed by atoms with Crippen LogP contribution in [0.25, 0.3) is 0 Å². The van der Waals surface area contributed by atoms with E-state index in [-0.39, 0.29) is 12.5 Å². The number of nitrogens with zero attached hydrogens (tertiary/aromatic N) is 1. The number of carbonyl (C=O) groups is 1. The van der Waals surface area contributed by atoms with Crippen LogP contribution in [0, 0.1) is 0 Å². The minimum absolute atomic E-state index is 0.0640. The van der Waals surface area contributed by atoms with Gasteiger partial charge in [0, 0.05) is 13.1 Å². The van der Waals surface area contributed by atoms with E-state index in [0.29, 0.717) is 0 Å². The lowest BCUT2D eigenvalue weighted by Gasteiger charge is -2.34. The Hall–Kier alpha value is -1.26. The van der Waals surface area contributed by atoms with Crippen LogP contribution in [0.3, 0.4) is 0 Å². The van der Waals surface area contributed by atoms with Gasteiger partial charge in [-0.1, -0.05) is 42.1 Å². The summed E-state index contributed by atoms with van der Waals surface area (Å²) in [4.78, 5) is 11.7. The molecule has 0 fully saturated rings. The standard InChI is InChI=1S/C12H13NO2S/c1-10(14)13-7-8-16-12(15,9-13)11-5-3-2-4-6-11/h2-8,15H,9H2,1H3. The third-order valence-corrected chi connectivity index (χ3v) is 3.53. The van der Waals surface area contributed by atoms with Gasteiger partial charge in [-0.05, 0) is 11.0 Å². The van der Waals surface area contributed by atoms with E-state index in [9.17, 15) is 9.90 Å². The zero-order valence-electron chi connectivity index (χ0n) is 8.96. The van der Waals surface area contributed by atoms with E-state index in [0.717, 1.165) is 5.56 Å². The Kier molecular flexibility index (Phi) is 3.03. The maximum absolute atomic E-state index is 11.3. The van der Waals surface area contributed by atoms with E-state index in [1.165, 1.54) is 23.6 Å². The van der Waals surface area contributed by atoms with Crippen LogP contribution in [0.1, 0.15) is 12.5 Å². The molecule has 1 N–H and O–H groups in total. The lowest BCUT2D eigenvalue weighted by atomic mass is 10.1. The average Bonchev–Trinajstić information content (AvgIpc) is 2.30. The Balaban J connectivity index is 2.28. The molecule has 0 radical (unpaired) electrons. The smallest absolute Gasteiger partial charge is 0.223 e. The molecule has 1 aliphatic rings. The van der Waals surface area contributed by atoms with Crippen molar-refractivity contribution in [2.24, 2.45) is 0 Å². The highest BCUT2D eigenvalue weighted by molar-refractivity contribution is 8.02. The number of hydrogen-bond acceptors (Lipinski definition) is 3. The van der Waals surface area contributed by atoms with Gasteiger partial charge in [0.05, 0.1) is 6.54 Å². The molecule has 1 aliphatic heterocycles. The van der Waals surface area contributed by atoms with Crippen molar-refractivity contribution in [3.05, 3.63) is 47.5 Å². The fourth-order valence-corrected chi connectivity index (χ4v) is 2.53. The second-order valence-electron chi connectivity index (χ2n) is 3.70. The number of hydrogen-bond donors (Lipinski definition) is 1. The van der Waals surface area contributed by atoms with Crippen molar-refractivity contribution < 1.29 is 9.90 Å². The second-order valence-corrected chi connectivity index (χ2v) is 4.88. The van der Waals surface area contributed by atoms with Crippen LogP contribution >= 0.6 is 11.8 Å². The number of β-amino-alcohol motifs (C(OH)–C–C–N with tert-alkyl or cyclic N) is 1. The van der Waals surface area contributed by atoms with Gasteiger partial charge >= 0.3 is 0 Å². The topological polar surface area (TPSA) is 40.5 Å². The van der Waals surface area contributed by atoms with Crippen LogP contribution in [-0.2, 0) is 9.73 Å². The average molecular weight is 235 g/mol. The van der Waals surface area contributed by atoms with Gasteiger partial charge in [0.15, 0.2) is 4.93 Å². The van der Waals surface area contributed by atoms with Gasteiger partial charge in [0.25, 0.3) is 0 Å². The summed E-state index contributed by atoms with van der Waals surface area (Å²) in [6, 6.07) is 9.39. The molecule has 2 rings (SSSR count). The molecule has 1 unspecified atom stereocenters. The first kappa shape index (κ1) is 11.2. The molecule has 0 aliphatic carbocycles. The van der Waals surface area contributed by atoms with E-state index >= 15 is 0 Å². The summed E-state index contributed by atoms with van der Waals surface area (Å²) in [7, 11) is 0. The van der Waals surface area contributed by atoms with Gasteiger partial charge in [0.1, 0.15) is 0 Å². The molecule has 84 valence electrons. The molecule has 1 amide bonds. The predicted molar refractivity (Wildman–Crippen MR) is 64.5 cm³/mol. The van der Waals surface area contributed by atoms with Gasteiger partial charge in [-0.15, -0.1) is 0 Å². The van der Waals surface area contributed by atoms with E-state index in [1.807, 2.05) is 30.3 Å². The molecule has 0 saturated heterocycles. The first-order chi connectivity index (χ1) is 7.62. The van der Waals surface area contributed by atoms with Crippen LogP contribution in [0.2, 0.25) is 0 Å². The summed E-state index contributed by atoms with van der Waals surface area (Å²) in [6.07, 6.45) is 1.70. The summed E-state index contributed by atoms with van der Waals surface area (Å²) < 4.78 is 0. The highest BCUT2D eigenvalue weighted by Gasteiger charge is 2.34. The summed E-state index contributed by atoms with van der Waals surface area (Å²) in [5.41, 5.74) is 0.815. The number of carbonyl (C=O) groups excluding carboxylic acids is 1. The number of benzene rings is 1. The van der Waals surface area contributed by atoms with Crippen LogP contribution in [0.15, 0.2) is 41.9 Å². The Labute approximate surface area is 98.8 Å². The molecule has 16 heavy (non-hydrogen) atoms. The van der Waals surface area contributed by atoms with Crippen LogP contribution in [-0.4, -0.2) is 22.5 Å². The first-order valence-corrected chi connectivity index (χ1v) is 5.89. The van der Waals surface area contributed by atoms with Gasteiger partial charge in [-0.2, -0.15) is 0 Å². The van der Waals surface area contributed by atoms with E-state index < -0.39 is 4.93 Å². The van der Waals surface area contributed by atoms with Crippen LogP contribution in [0.4, 0.5) is 0 Å². The summed E-state index contributed by atoms with van der Waals surface area (Å²) in [5.74, 6) is -0.0640. The van der Waals surface area contributed by atoms with Crippen molar-refractivity contribution >= 4 is 17.7 Å². The molecular weight excluding hydrogens is 222 g/mol. The van der Waals surface area contributed by atoms with E-state index in [4.69, 9.17) is 0 Å². The zero-order chi connectivity index (χ0) is 11.6. The molecular formula is C12H13NO2S. The minimum atomic E-state index is -1.04. The molecule has 1 aromatic carbocycles. The molecule has 3 nitrogen and oxygen atoms in total. The Morgan fingerprint density at radius 3 is 2.75 bits per heavy atom. The number of aliphatic hydroxyl groups is 1. The van der Waals surface area contributed by atoms with Gasteiger partial charge in [0.2, 0.25) is 5.91 Å². The lowest BCUT2D eigenvalue weighted by Crippen LogP contribution is -2.40. The fraction of sp³-hybridized carbons (Fsp3) is 0.250. The third-order valence-electron chi connectivity index (χ3n) is 2.52. The largest absolute Gasteiger partial charge is 0.373 e. The highest BCUT2D eigenvalue weighted by Crippen LogP contribution is 2.38. The fourth-order valence-electron chi connectivity index (χ4n) is 1.61. The lowest BCUT2D eigenvalue weighted by molar-refractivity contribution is -0.128. The summed E-state index contributed by atoms with van der Waals surface area (Å²) in [5, 5.41) is 12.2. The molecule has 1 aromatic rings. The monoisotopic (exact) mass is 235 g/mol. The molecule has 0 saturated carbocycles. The van der Waals surface area contributed by atoms with Crippen molar-refractivity contribution in [3.8, 4) is 0 Å². The van der Waals surface area contributed by atoms with Crippen molar-refractivity contribution in [2.75, 3.05) is 6.54 Å². The molecule has 1 heterocycles. The van der Waals surface area contributed by atoms with Gasteiger partial charge in [-0.25, -0.2) is 0 Å². The van der Waals surface area contributed by atoms with Crippen molar-refractivity contribution in [1.29, 1.82) is 0 Å². The maximum atomic E-state index is 11.3. The Bertz CT molecular complexity index is 418. The Morgan fingerprint density at radius 1 is 1.44 bits per heavy atom. The molecule has 0 spiro atoms. The van der Waals surface area contributed by atoms with Crippen molar-refractivity contribution in [3.63, 3.8) is 0 Å². The van der Waals surface area contributed by atoms with E-state index in [1.54, 1.807) is 11.6 Å². The normalized spacial score (nSPS) is 24.5. The third kappa shape index (κ3) is 2.13. The number of thioether (sulfide) groups is 1. The molecule has 0 bridgehead atoms. The number of rotatable bonds is 1. The quantitative estimate of drug-likeness (QED) is 0.808. The SMILES string of the molecule is CC(=O)N1C=CSC(O)(c2ccccc2)C1. The molecule has 0 aromatic heterocycles. The summed E-state index contributed by atoms with van der Waals surface area (Å²) >= 11 is 1.32. The van der Waals surface area contributed by atoms with Crippen molar-refractivity contribution in [1.82, 2.24) is 4.90 Å².